The van der Waals surface area contributed by atoms with Crippen LogP contribution in [0.1, 0.15) is 19.8 Å². The predicted octanol–water partition coefficient (Wildman–Crippen LogP) is 1.75. The summed E-state index contributed by atoms with van der Waals surface area (Å²) in [6, 6.07) is 2.53. The van der Waals surface area contributed by atoms with Crippen LogP contribution < -0.4 is 10.2 Å². The molecule has 0 aromatic carbocycles. The largest absolute Gasteiger partial charge is 0.357 e. The van der Waals surface area contributed by atoms with Crippen LogP contribution in [0, 0.1) is 5.92 Å². The summed E-state index contributed by atoms with van der Waals surface area (Å²) in [7, 11) is 3.94. The van der Waals surface area contributed by atoms with Crippen molar-refractivity contribution in [2.45, 2.75) is 25.8 Å². The summed E-state index contributed by atoms with van der Waals surface area (Å²) < 4.78 is 0. The van der Waals surface area contributed by atoms with Crippen molar-refractivity contribution in [3.8, 4) is 0 Å². The lowest BCUT2D eigenvalue weighted by molar-refractivity contribution is 0.603. The topological polar surface area (TPSA) is 41.1 Å². The summed E-state index contributed by atoms with van der Waals surface area (Å²) in [6.45, 7) is 2.26. The van der Waals surface area contributed by atoms with Crippen molar-refractivity contribution in [1.82, 2.24) is 9.97 Å². The van der Waals surface area contributed by atoms with E-state index >= 15 is 0 Å². The molecule has 1 aromatic heterocycles. The molecule has 0 bridgehead atoms. The van der Waals surface area contributed by atoms with Crippen LogP contribution in [0.5, 0.6) is 0 Å². The lowest BCUT2D eigenvalue weighted by atomic mass is 10.2. The van der Waals surface area contributed by atoms with Gasteiger partial charge in [-0.15, -0.1) is 0 Å². The summed E-state index contributed by atoms with van der Waals surface area (Å²) in [5.74, 6) is 2.53. The van der Waals surface area contributed by atoms with Gasteiger partial charge >= 0.3 is 0 Å². The van der Waals surface area contributed by atoms with Gasteiger partial charge in [-0.2, -0.15) is 4.98 Å². The Labute approximate surface area is 90.7 Å². The average molecular weight is 206 g/mol. The molecule has 2 rings (SSSR count). The Bertz CT molecular complexity index is 335. The summed E-state index contributed by atoms with van der Waals surface area (Å²) in [6.07, 6.45) is 4.51. The summed E-state index contributed by atoms with van der Waals surface area (Å²) in [4.78, 5) is 10.8. The van der Waals surface area contributed by atoms with Crippen molar-refractivity contribution in [3.63, 3.8) is 0 Å². The predicted molar refractivity (Wildman–Crippen MR) is 62.2 cm³/mol. The first-order valence-corrected chi connectivity index (χ1v) is 5.46. The van der Waals surface area contributed by atoms with Crippen LogP contribution >= 0.6 is 0 Å². The van der Waals surface area contributed by atoms with E-state index in [1.54, 1.807) is 6.20 Å². The molecule has 1 N–H and O–H groups in total. The van der Waals surface area contributed by atoms with Crippen molar-refractivity contribution in [1.29, 1.82) is 0 Å². The molecule has 0 radical (unpaired) electrons. The van der Waals surface area contributed by atoms with Gasteiger partial charge in [0.2, 0.25) is 5.95 Å². The maximum Gasteiger partial charge on any atom is 0.224 e. The molecule has 82 valence electrons. The second-order valence-electron chi connectivity index (χ2n) is 4.18. The number of rotatable bonds is 4. The smallest absolute Gasteiger partial charge is 0.224 e. The van der Waals surface area contributed by atoms with E-state index in [4.69, 9.17) is 0 Å². The molecular formula is C11H18N4. The van der Waals surface area contributed by atoms with Gasteiger partial charge in [-0.1, -0.05) is 0 Å². The van der Waals surface area contributed by atoms with Gasteiger partial charge in [0.15, 0.2) is 0 Å². The highest BCUT2D eigenvalue weighted by atomic mass is 15.2. The Morgan fingerprint density at radius 3 is 2.87 bits per heavy atom. The van der Waals surface area contributed by atoms with Crippen LogP contribution in [0.3, 0.4) is 0 Å². The van der Waals surface area contributed by atoms with Crippen LogP contribution in [0.25, 0.3) is 0 Å². The maximum atomic E-state index is 4.43. The van der Waals surface area contributed by atoms with E-state index in [9.17, 15) is 0 Å². The normalized spacial score (nSPS) is 17.3. The second kappa shape index (κ2) is 4.04. The molecular weight excluding hydrogens is 188 g/mol. The zero-order chi connectivity index (χ0) is 10.8. The van der Waals surface area contributed by atoms with E-state index in [2.05, 4.69) is 34.2 Å². The zero-order valence-electron chi connectivity index (χ0n) is 9.57. The summed E-state index contributed by atoms with van der Waals surface area (Å²) >= 11 is 0. The van der Waals surface area contributed by atoms with Crippen LogP contribution in [-0.4, -0.2) is 30.1 Å². The number of aromatic nitrogens is 2. The Kier molecular flexibility index (Phi) is 2.75. The molecule has 1 unspecified atom stereocenters. The molecule has 15 heavy (non-hydrogen) atoms. The Morgan fingerprint density at radius 1 is 1.53 bits per heavy atom. The second-order valence-corrected chi connectivity index (χ2v) is 4.18. The number of nitrogens with zero attached hydrogens (tertiary/aromatic N) is 3. The van der Waals surface area contributed by atoms with Crippen LogP contribution in [-0.2, 0) is 0 Å². The van der Waals surface area contributed by atoms with Crippen LogP contribution in [0.4, 0.5) is 11.8 Å². The van der Waals surface area contributed by atoms with Gasteiger partial charge in [-0.25, -0.2) is 4.98 Å². The highest BCUT2D eigenvalue weighted by Crippen LogP contribution is 2.35. The molecule has 1 atom stereocenters. The minimum absolute atomic E-state index is 0.574. The highest BCUT2D eigenvalue weighted by Gasteiger charge is 2.31. The summed E-state index contributed by atoms with van der Waals surface area (Å²) in [5, 5.41) is 2.96. The number of anilines is 2. The van der Waals surface area contributed by atoms with Gasteiger partial charge in [0.1, 0.15) is 5.82 Å². The molecule has 1 aliphatic carbocycles. The molecule has 1 saturated carbocycles. The van der Waals surface area contributed by atoms with Gasteiger partial charge in [-0.05, 0) is 31.7 Å². The van der Waals surface area contributed by atoms with Gasteiger partial charge in [0.25, 0.3) is 0 Å². The standard InChI is InChI=1S/C11H18N4/c1-8(9-4-5-9)15(3)10-6-7-13-11(12-2)14-10/h6-9H,4-5H2,1-3H3,(H,12,13,14). The van der Waals surface area contributed by atoms with Crippen molar-refractivity contribution in [3.05, 3.63) is 12.3 Å². The van der Waals surface area contributed by atoms with E-state index in [0.717, 1.165) is 11.7 Å². The lowest BCUT2D eigenvalue weighted by Gasteiger charge is -2.25. The number of hydrogen-bond acceptors (Lipinski definition) is 4. The fourth-order valence-electron chi connectivity index (χ4n) is 1.77. The van der Waals surface area contributed by atoms with Crippen LogP contribution in [0.2, 0.25) is 0 Å². The minimum Gasteiger partial charge on any atom is -0.357 e. The molecule has 1 aliphatic rings. The third-order valence-electron chi connectivity index (χ3n) is 3.14. The van der Waals surface area contributed by atoms with Crippen LogP contribution in [0.15, 0.2) is 12.3 Å². The van der Waals surface area contributed by atoms with E-state index in [1.807, 2.05) is 13.1 Å². The van der Waals surface area contributed by atoms with Crippen molar-refractivity contribution >= 4 is 11.8 Å². The molecule has 1 fully saturated rings. The first kappa shape index (κ1) is 10.2. The fraction of sp³-hybridized carbons (Fsp3) is 0.636. The third-order valence-corrected chi connectivity index (χ3v) is 3.14. The van der Waals surface area contributed by atoms with Crippen molar-refractivity contribution in [2.24, 2.45) is 5.92 Å². The minimum atomic E-state index is 0.574. The summed E-state index contributed by atoms with van der Waals surface area (Å²) in [5.41, 5.74) is 0. The third kappa shape index (κ3) is 2.19. The first-order valence-electron chi connectivity index (χ1n) is 5.46. The zero-order valence-corrected chi connectivity index (χ0v) is 9.57. The Hall–Kier alpha value is -1.32. The van der Waals surface area contributed by atoms with Crippen molar-refractivity contribution < 1.29 is 0 Å². The molecule has 0 spiro atoms. The molecule has 4 heteroatoms. The van der Waals surface area contributed by atoms with Gasteiger partial charge < -0.3 is 10.2 Å². The van der Waals surface area contributed by atoms with E-state index < -0.39 is 0 Å². The lowest BCUT2D eigenvalue weighted by Crippen LogP contribution is -2.31. The van der Waals surface area contributed by atoms with E-state index in [0.29, 0.717) is 12.0 Å². The Morgan fingerprint density at radius 2 is 2.27 bits per heavy atom. The van der Waals surface area contributed by atoms with Gasteiger partial charge in [-0.3, -0.25) is 0 Å². The number of hydrogen-bond donors (Lipinski definition) is 1. The maximum absolute atomic E-state index is 4.43. The number of nitrogens with one attached hydrogen (secondary N) is 1. The Balaban J connectivity index is 2.12. The first-order chi connectivity index (χ1) is 7.22. The molecule has 0 saturated heterocycles. The van der Waals surface area contributed by atoms with E-state index in [1.165, 1.54) is 12.8 Å². The average Bonchev–Trinajstić information content (AvgIpc) is 3.11. The quantitative estimate of drug-likeness (QED) is 0.815. The van der Waals surface area contributed by atoms with Crippen molar-refractivity contribution in [2.75, 3.05) is 24.3 Å². The SMILES string of the molecule is CNc1nccc(N(C)C(C)C2CC2)n1. The molecule has 1 aromatic rings. The monoisotopic (exact) mass is 206 g/mol. The molecule has 0 aliphatic heterocycles. The van der Waals surface area contributed by atoms with Gasteiger partial charge in [0, 0.05) is 26.3 Å². The molecule has 4 nitrogen and oxygen atoms in total. The molecule has 0 amide bonds. The van der Waals surface area contributed by atoms with E-state index in [-0.39, 0.29) is 0 Å². The van der Waals surface area contributed by atoms with Gasteiger partial charge in [0.05, 0.1) is 0 Å². The highest BCUT2D eigenvalue weighted by molar-refractivity contribution is 5.42. The fourth-order valence-corrected chi connectivity index (χ4v) is 1.77. The molecule has 1 heterocycles.